The lowest BCUT2D eigenvalue weighted by Crippen LogP contribution is -2.42. The Bertz CT molecular complexity index is 522. The van der Waals surface area contributed by atoms with Crippen molar-refractivity contribution in [1.82, 2.24) is 5.32 Å². The maximum Gasteiger partial charge on any atom is 0.123 e. The molecule has 21 heavy (non-hydrogen) atoms. The molecule has 0 amide bonds. The van der Waals surface area contributed by atoms with E-state index in [1.165, 1.54) is 25.0 Å². The first kappa shape index (κ1) is 15.8. The topological polar surface area (TPSA) is 45.0 Å². The van der Waals surface area contributed by atoms with Crippen molar-refractivity contribution in [2.75, 3.05) is 6.61 Å². The van der Waals surface area contributed by atoms with E-state index in [2.05, 4.69) is 11.4 Å². The molecule has 3 nitrogen and oxygen atoms in total. The van der Waals surface area contributed by atoms with Crippen molar-refractivity contribution in [3.05, 3.63) is 29.6 Å². The lowest BCUT2D eigenvalue weighted by Gasteiger charge is -2.23. The molecule has 1 aliphatic carbocycles. The van der Waals surface area contributed by atoms with Crippen LogP contribution in [0.5, 0.6) is 5.75 Å². The van der Waals surface area contributed by atoms with Crippen LogP contribution in [0.4, 0.5) is 4.39 Å². The minimum atomic E-state index is -0.424. The first-order valence-corrected chi connectivity index (χ1v) is 7.60. The van der Waals surface area contributed by atoms with Gasteiger partial charge in [0.1, 0.15) is 17.1 Å². The molecule has 1 N–H and O–H groups in total. The van der Waals surface area contributed by atoms with Crippen LogP contribution in [0.3, 0.4) is 0 Å². The number of unbranched alkanes of at least 4 members (excludes halogenated alkanes) is 1. The van der Waals surface area contributed by atoms with Crippen LogP contribution >= 0.6 is 0 Å². The van der Waals surface area contributed by atoms with E-state index in [0.29, 0.717) is 12.6 Å². The van der Waals surface area contributed by atoms with Crippen LogP contribution in [0.25, 0.3) is 0 Å². The number of ether oxygens (including phenoxy) is 1. The molecule has 1 atom stereocenters. The van der Waals surface area contributed by atoms with Gasteiger partial charge in [-0.2, -0.15) is 5.26 Å². The Morgan fingerprint density at radius 2 is 2.19 bits per heavy atom. The molecule has 0 aromatic heterocycles. The largest absolute Gasteiger partial charge is 0.493 e. The van der Waals surface area contributed by atoms with Crippen molar-refractivity contribution in [2.45, 2.75) is 57.5 Å². The highest BCUT2D eigenvalue weighted by molar-refractivity contribution is 5.32. The molecular weight excluding hydrogens is 267 g/mol. The van der Waals surface area contributed by atoms with Gasteiger partial charge >= 0.3 is 0 Å². The van der Waals surface area contributed by atoms with Crippen molar-refractivity contribution >= 4 is 0 Å². The van der Waals surface area contributed by atoms with Gasteiger partial charge in [0.25, 0.3) is 0 Å². The Balaban J connectivity index is 1.68. The summed E-state index contributed by atoms with van der Waals surface area (Å²) in [6.07, 6.45) is 5.02. The molecule has 1 unspecified atom stereocenters. The van der Waals surface area contributed by atoms with E-state index in [-0.39, 0.29) is 5.82 Å². The summed E-state index contributed by atoms with van der Waals surface area (Å²) in [6, 6.07) is 7.47. The van der Waals surface area contributed by atoms with E-state index in [1.807, 2.05) is 13.8 Å². The van der Waals surface area contributed by atoms with Gasteiger partial charge in [0.15, 0.2) is 0 Å². The summed E-state index contributed by atoms with van der Waals surface area (Å²) in [5, 5.41) is 12.7. The summed E-state index contributed by atoms with van der Waals surface area (Å²) in [5.41, 5.74) is 0.389. The maximum atomic E-state index is 13.0. The summed E-state index contributed by atoms with van der Waals surface area (Å²) in [6.45, 7) is 4.40. The molecule has 4 heteroatoms. The summed E-state index contributed by atoms with van der Waals surface area (Å²) < 4.78 is 18.6. The van der Waals surface area contributed by atoms with Crippen molar-refractivity contribution in [1.29, 1.82) is 5.26 Å². The van der Waals surface area contributed by atoms with E-state index in [1.54, 1.807) is 6.07 Å². The zero-order chi connectivity index (χ0) is 15.3. The third-order valence-corrected chi connectivity index (χ3v) is 3.81. The molecule has 1 fully saturated rings. The number of benzene rings is 1. The number of hydrogen-bond acceptors (Lipinski definition) is 3. The summed E-state index contributed by atoms with van der Waals surface area (Å²) in [4.78, 5) is 0. The highest BCUT2D eigenvalue weighted by atomic mass is 19.1. The second-order valence-electron chi connectivity index (χ2n) is 6.08. The van der Waals surface area contributed by atoms with Gasteiger partial charge < -0.3 is 4.74 Å². The van der Waals surface area contributed by atoms with Crippen LogP contribution in [0.2, 0.25) is 0 Å². The number of nitrogens with zero attached hydrogens (tertiary/aromatic N) is 1. The van der Waals surface area contributed by atoms with Gasteiger partial charge in [-0.1, -0.05) is 0 Å². The smallest absolute Gasteiger partial charge is 0.123 e. The number of rotatable bonds is 8. The van der Waals surface area contributed by atoms with Crippen LogP contribution in [0.1, 0.15) is 44.6 Å². The highest BCUT2D eigenvalue weighted by Crippen LogP contribution is 2.25. The van der Waals surface area contributed by atoms with E-state index in [4.69, 9.17) is 4.74 Å². The summed E-state index contributed by atoms with van der Waals surface area (Å²) in [7, 11) is 0. The van der Waals surface area contributed by atoms with Crippen LogP contribution < -0.4 is 10.1 Å². The fraction of sp³-hybridized carbons (Fsp3) is 0.588. The van der Waals surface area contributed by atoms with Gasteiger partial charge in [0, 0.05) is 6.04 Å². The fourth-order valence-corrected chi connectivity index (χ4v) is 2.38. The monoisotopic (exact) mass is 290 g/mol. The predicted octanol–water partition coefficient (Wildman–Crippen LogP) is 3.72. The first-order valence-electron chi connectivity index (χ1n) is 7.60. The summed E-state index contributed by atoms with van der Waals surface area (Å²) in [5.74, 6) is 0.492. The second-order valence-corrected chi connectivity index (χ2v) is 6.08. The molecule has 1 aliphatic rings. The Morgan fingerprint density at radius 3 is 2.81 bits per heavy atom. The molecule has 1 aromatic rings. The zero-order valence-electron chi connectivity index (χ0n) is 12.8. The maximum absolute atomic E-state index is 13.0. The van der Waals surface area contributed by atoms with Gasteiger partial charge in [-0.15, -0.1) is 0 Å². The Morgan fingerprint density at radius 1 is 1.43 bits per heavy atom. The molecule has 1 aromatic carbocycles. The number of halogens is 1. The van der Waals surface area contributed by atoms with Gasteiger partial charge in [-0.3, -0.25) is 5.32 Å². The van der Waals surface area contributed by atoms with Crippen molar-refractivity contribution < 1.29 is 9.13 Å². The molecule has 0 aliphatic heterocycles. The highest BCUT2D eigenvalue weighted by Gasteiger charge is 2.31. The van der Waals surface area contributed by atoms with Crippen LogP contribution in [-0.4, -0.2) is 18.2 Å². The second kappa shape index (κ2) is 6.91. The third-order valence-electron chi connectivity index (χ3n) is 3.81. The van der Waals surface area contributed by atoms with Crippen LogP contribution in [0, 0.1) is 24.1 Å². The predicted molar refractivity (Wildman–Crippen MR) is 80.7 cm³/mol. The van der Waals surface area contributed by atoms with Crippen molar-refractivity contribution in [2.24, 2.45) is 0 Å². The van der Waals surface area contributed by atoms with Gasteiger partial charge in [-0.25, -0.2) is 4.39 Å². The number of nitrogens with one attached hydrogen (secondary N) is 1. The lowest BCUT2D eigenvalue weighted by atomic mass is 9.96. The molecule has 0 radical (unpaired) electrons. The minimum absolute atomic E-state index is 0.240. The molecule has 0 heterocycles. The van der Waals surface area contributed by atoms with Crippen molar-refractivity contribution in [3.8, 4) is 11.8 Å². The van der Waals surface area contributed by atoms with Crippen LogP contribution in [-0.2, 0) is 0 Å². The number of aryl methyl sites for hydroxylation is 1. The molecule has 114 valence electrons. The lowest BCUT2D eigenvalue weighted by molar-refractivity contribution is 0.293. The minimum Gasteiger partial charge on any atom is -0.493 e. The SMILES string of the molecule is Cc1cc(F)ccc1OCCCCC(C)(C#N)NC1CC1. The quantitative estimate of drug-likeness (QED) is 0.742. The average molecular weight is 290 g/mol. The molecule has 1 saturated carbocycles. The van der Waals surface area contributed by atoms with E-state index >= 15 is 0 Å². The zero-order valence-corrected chi connectivity index (χ0v) is 12.8. The van der Waals surface area contributed by atoms with Gasteiger partial charge in [-0.05, 0) is 69.7 Å². The fourth-order valence-electron chi connectivity index (χ4n) is 2.38. The standard InChI is InChI=1S/C17H23FN2O/c1-13-11-14(18)5-8-16(13)21-10-4-3-9-17(2,12-19)20-15-6-7-15/h5,8,11,15,20H,3-4,6-7,9-10H2,1-2H3. The molecule has 0 bridgehead atoms. The Labute approximate surface area is 126 Å². The van der Waals surface area contributed by atoms with Gasteiger partial charge in [0.05, 0.1) is 12.7 Å². The van der Waals surface area contributed by atoms with Crippen LogP contribution in [0.15, 0.2) is 18.2 Å². The molecular formula is C17H23FN2O. The average Bonchev–Trinajstić information content (AvgIpc) is 3.24. The number of hydrogen-bond donors (Lipinski definition) is 1. The van der Waals surface area contributed by atoms with E-state index in [0.717, 1.165) is 30.6 Å². The van der Waals surface area contributed by atoms with E-state index < -0.39 is 5.54 Å². The van der Waals surface area contributed by atoms with E-state index in [9.17, 15) is 9.65 Å². The van der Waals surface area contributed by atoms with Gasteiger partial charge in [0.2, 0.25) is 0 Å². The molecule has 0 saturated heterocycles. The Hall–Kier alpha value is -1.60. The Kier molecular flexibility index (Phi) is 5.19. The first-order chi connectivity index (χ1) is 10.0. The van der Waals surface area contributed by atoms with Crippen molar-refractivity contribution in [3.63, 3.8) is 0 Å². The summed E-state index contributed by atoms with van der Waals surface area (Å²) >= 11 is 0. The number of nitriles is 1. The molecule has 2 rings (SSSR count). The normalized spacial score (nSPS) is 17.0. The third kappa shape index (κ3) is 5.02. The molecule has 0 spiro atoms.